The predicted molar refractivity (Wildman–Crippen MR) is 85.6 cm³/mol. The van der Waals surface area contributed by atoms with Gasteiger partial charge in [-0.15, -0.1) is 0 Å². The molecule has 0 heterocycles. The summed E-state index contributed by atoms with van der Waals surface area (Å²) in [6.45, 7) is 4.57. The fourth-order valence-corrected chi connectivity index (χ4v) is 3.34. The number of carbonyl (C=O) groups is 1. The zero-order valence-corrected chi connectivity index (χ0v) is 13.2. The van der Waals surface area contributed by atoms with Gasteiger partial charge in [0.1, 0.15) is 5.75 Å². The molecule has 2 atom stereocenters. The van der Waals surface area contributed by atoms with E-state index in [1.165, 1.54) is 6.42 Å². The number of methoxy groups -OCH3 is 1. The lowest BCUT2D eigenvalue weighted by Crippen LogP contribution is -2.35. The van der Waals surface area contributed by atoms with Crippen LogP contribution >= 0.6 is 0 Å². The zero-order valence-electron chi connectivity index (χ0n) is 13.2. The largest absolute Gasteiger partial charge is 0.496 e. The summed E-state index contributed by atoms with van der Waals surface area (Å²) in [4.78, 5) is 12.6. The lowest BCUT2D eigenvalue weighted by atomic mass is 9.78. The van der Waals surface area contributed by atoms with Gasteiger partial charge in [0.05, 0.1) is 7.11 Å². The van der Waals surface area contributed by atoms with Crippen LogP contribution in [0.4, 0.5) is 5.69 Å². The lowest BCUT2D eigenvalue weighted by molar-refractivity contribution is -0.122. The number of benzene rings is 1. The van der Waals surface area contributed by atoms with E-state index >= 15 is 0 Å². The maximum absolute atomic E-state index is 12.6. The molecule has 116 valence electrons. The number of nitrogens with one attached hydrogen (secondary N) is 1. The first kappa shape index (κ1) is 15.8. The van der Waals surface area contributed by atoms with Gasteiger partial charge in [0.2, 0.25) is 5.91 Å². The molecule has 2 unspecified atom stereocenters. The Labute approximate surface area is 127 Å². The fourth-order valence-electron chi connectivity index (χ4n) is 3.34. The molecule has 0 saturated heterocycles. The molecule has 1 amide bonds. The van der Waals surface area contributed by atoms with Gasteiger partial charge >= 0.3 is 0 Å². The van der Waals surface area contributed by atoms with E-state index < -0.39 is 0 Å². The van der Waals surface area contributed by atoms with Crippen molar-refractivity contribution in [2.75, 3.05) is 19.0 Å². The topological polar surface area (TPSA) is 64.3 Å². The van der Waals surface area contributed by atoms with Crippen molar-refractivity contribution in [3.05, 3.63) is 23.3 Å². The van der Waals surface area contributed by atoms with Crippen LogP contribution in [0.2, 0.25) is 0 Å². The van der Waals surface area contributed by atoms with Crippen LogP contribution < -0.4 is 15.8 Å². The van der Waals surface area contributed by atoms with Gasteiger partial charge in [0.15, 0.2) is 0 Å². The summed E-state index contributed by atoms with van der Waals surface area (Å²) in [6, 6.07) is 3.92. The number of rotatable bonds is 4. The van der Waals surface area contributed by atoms with Gasteiger partial charge in [0.25, 0.3) is 0 Å². The minimum absolute atomic E-state index is 0.0375. The molecule has 1 aromatic carbocycles. The van der Waals surface area contributed by atoms with Gasteiger partial charge in [-0.25, -0.2) is 0 Å². The van der Waals surface area contributed by atoms with E-state index in [0.717, 1.165) is 41.8 Å². The third-order valence-corrected chi connectivity index (χ3v) is 4.61. The minimum atomic E-state index is 0.0375. The second-order valence-electron chi connectivity index (χ2n) is 5.96. The summed E-state index contributed by atoms with van der Waals surface area (Å²) >= 11 is 0. The van der Waals surface area contributed by atoms with Gasteiger partial charge in [0, 0.05) is 17.2 Å². The summed E-state index contributed by atoms with van der Waals surface area (Å²) in [6.07, 6.45) is 4.30. The molecule has 1 fully saturated rings. The van der Waals surface area contributed by atoms with E-state index in [9.17, 15) is 4.79 Å². The molecule has 21 heavy (non-hydrogen) atoms. The maximum Gasteiger partial charge on any atom is 0.227 e. The monoisotopic (exact) mass is 290 g/mol. The van der Waals surface area contributed by atoms with Crippen molar-refractivity contribution in [2.45, 2.75) is 39.5 Å². The van der Waals surface area contributed by atoms with E-state index in [2.05, 4.69) is 5.32 Å². The third-order valence-electron chi connectivity index (χ3n) is 4.61. The van der Waals surface area contributed by atoms with Crippen LogP contribution in [-0.2, 0) is 4.79 Å². The standard InChI is InChI=1S/C17H26N2O2/c1-11-8-9-15(12(2)16(11)21-3)19-17(20)14-7-5-4-6-13(14)10-18/h8-9,13-14H,4-7,10,18H2,1-3H3,(H,19,20). The molecule has 1 aromatic rings. The normalized spacial score (nSPS) is 21.9. The first-order valence-corrected chi connectivity index (χ1v) is 7.73. The Morgan fingerprint density at radius 3 is 2.71 bits per heavy atom. The molecule has 4 heteroatoms. The van der Waals surface area contributed by atoms with Crippen LogP contribution in [0.3, 0.4) is 0 Å². The molecule has 3 N–H and O–H groups in total. The summed E-state index contributed by atoms with van der Waals surface area (Å²) < 4.78 is 5.41. The molecule has 1 aliphatic rings. The van der Waals surface area contributed by atoms with Crippen molar-refractivity contribution in [2.24, 2.45) is 17.6 Å². The number of carbonyl (C=O) groups excluding carboxylic acids is 1. The van der Waals surface area contributed by atoms with Crippen LogP contribution in [0.15, 0.2) is 12.1 Å². The highest BCUT2D eigenvalue weighted by Crippen LogP contribution is 2.33. The van der Waals surface area contributed by atoms with Gasteiger partial charge in [-0.3, -0.25) is 4.79 Å². The number of hydrogen-bond donors (Lipinski definition) is 2. The van der Waals surface area contributed by atoms with Crippen molar-refractivity contribution in [1.82, 2.24) is 0 Å². The maximum atomic E-state index is 12.6. The van der Waals surface area contributed by atoms with Crippen LogP contribution in [0.5, 0.6) is 5.75 Å². The first-order valence-electron chi connectivity index (χ1n) is 7.73. The molecular weight excluding hydrogens is 264 g/mol. The van der Waals surface area contributed by atoms with Crippen LogP contribution in [0.1, 0.15) is 36.8 Å². The quantitative estimate of drug-likeness (QED) is 0.896. The molecule has 0 aliphatic heterocycles. The number of nitrogens with two attached hydrogens (primary N) is 1. The summed E-state index contributed by atoms with van der Waals surface area (Å²) in [5.74, 6) is 1.29. The van der Waals surface area contributed by atoms with E-state index in [1.54, 1.807) is 7.11 Å². The number of amides is 1. The molecular formula is C17H26N2O2. The van der Waals surface area contributed by atoms with Crippen molar-refractivity contribution in [3.63, 3.8) is 0 Å². The molecule has 0 aromatic heterocycles. The Morgan fingerprint density at radius 1 is 1.33 bits per heavy atom. The number of aryl methyl sites for hydroxylation is 1. The Kier molecular flexibility index (Phi) is 5.23. The average molecular weight is 290 g/mol. The van der Waals surface area contributed by atoms with Crippen molar-refractivity contribution >= 4 is 11.6 Å². The van der Waals surface area contributed by atoms with Gasteiger partial charge in [-0.1, -0.05) is 18.9 Å². The van der Waals surface area contributed by atoms with Crippen molar-refractivity contribution in [3.8, 4) is 5.75 Å². The van der Waals surface area contributed by atoms with E-state index in [4.69, 9.17) is 10.5 Å². The highest BCUT2D eigenvalue weighted by molar-refractivity contribution is 5.94. The molecule has 0 bridgehead atoms. The molecule has 0 spiro atoms. The Balaban J connectivity index is 2.16. The fraction of sp³-hybridized carbons (Fsp3) is 0.588. The van der Waals surface area contributed by atoms with Crippen molar-refractivity contribution in [1.29, 1.82) is 0 Å². The lowest BCUT2D eigenvalue weighted by Gasteiger charge is -2.29. The third kappa shape index (κ3) is 3.38. The molecule has 4 nitrogen and oxygen atoms in total. The Bertz CT molecular complexity index is 514. The first-order chi connectivity index (χ1) is 10.1. The number of anilines is 1. The van der Waals surface area contributed by atoms with Gasteiger partial charge < -0.3 is 15.8 Å². The second-order valence-corrected chi connectivity index (χ2v) is 5.96. The van der Waals surface area contributed by atoms with Crippen molar-refractivity contribution < 1.29 is 9.53 Å². The smallest absolute Gasteiger partial charge is 0.227 e. The average Bonchev–Trinajstić information content (AvgIpc) is 2.50. The highest BCUT2D eigenvalue weighted by Gasteiger charge is 2.30. The van der Waals surface area contributed by atoms with Gasteiger partial charge in [-0.05, 0) is 50.8 Å². The van der Waals surface area contributed by atoms with E-state index in [1.807, 2.05) is 26.0 Å². The number of ether oxygens (including phenoxy) is 1. The molecule has 1 aliphatic carbocycles. The SMILES string of the molecule is COc1c(C)ccc(NC(=O)C2CCCCC2CN)c1C. The summed E-state index contributed by atoms with van der Waals surface area (Å²) in [5.41, 5.74) is 8.71. The second kappa shape index (κ2) is 6.94. The van der Waals surface area contributed by atoms with E-state index in [0.29, 0.717) is 12.5 Å². The molecule has 2 rings (SSSR count). The van der Waals surface area contributed by atoms with Crippen LogP contribution in [0, 0.1) is 25.7 Å². The van der Waals surface area contributed by atoms with Crippen LogP contribution in [0.25, 0.3) is 0 Å². The van der Waals surface area contributed by atoms with Crippen LogP contribution in [-0.4, -0.2) is 19.6 Å². The number of hydrogen-bond acceptors (Lipinski definition) is 3. The highest BCUT2D eigenvalue weighted by atomic mass is 16.5. The Morgan fingerprint density at radius 2 is 2.05 bits per heavy atom. The Hall–Kier alpha value is -1.55. The predicted octanol–water partition coefficient (Wildman–Crippen LogP) is 3.02. The molecule has 1 saturated carbocycles. The van der Waals surface area contributed by atoms with E-state index in [-0.39, 0.29) is 11.8 Å². The summed E-state index contributed by atoms with van der Waals surface area (Å²) in [5, 5.41) is 3.07. The summed E-state index contributed by atoms with van der Waals surface area (Å²) in [7, 11) is 1.66. The minimum Gasteiger partial charge on any atom is -0.496 e. The molecule has 0 radical (unpaired) electrons. The van der Waals surface area contributed by atoms with Gasteiger partial charge in [-0.2, -0.15) is 0 Å². The zero-order chi connectivity index (χ0) is 15.4.